The van der Waals surface area contributed by atoms with Gasteiger partial charge in [0.1, 0.15) is 10.7 Å². The normalized spacial score (nSPS) is 11.2. The van der Waals surface area contributed by atoms with Crippen LogP contribution in [0, 0.1) is 0 Å². The summed E-state index contributed by atoms with van der Waals surface area (Å²) in [6.45, 7) is 2.46. The van der Waals surface area contributed by atoms with Crippen molar-refractivity contribution in [3.05, 3.63) is 30.7 Å². The van der Waals surface area contributed by atoms with Gasteiger partial charge in [0.2, 0.25) is 0 Å². The second kappa shape index (κ2) is 5.05. The maximum Gasteiger partial charge on any atom is 0.265 e. The van der Waals surface area contributed by atoms with Crippen LogP contribution >= 0.6 is 0 Å². The summed E-state index contributed by atoms with van der Waals surface area (Å²) < 4.78 is 26.7. The summed E-state index contributed by atoms with van der Waals surface area (Å²) in [6, 6.07) is 3.07. The van der Waals surface area contributed by atoms with E-state index in [1.54, 1.807) is 6.07 Å². The van der Waals surface area contributed by atoms with Crippen LogP contribution in [0.4, 0.5) is 11.5 Å². The van der Waals surface area contributed by atoms with Crippen molar-refractivity contribution in [2.24, 2.45) is 0 Å². The number of hydrogen-bond acceptors (Lipinski definition) is 5. The molecule has 0 aliphatic carbocycles. The Morgan fingerprint density at radius 1 is 1.44 bits per heavy atom. The van der Waals surface area contributed by atoms with Gasteiger partial charge in [0.05, 0.1) is 11.9 Å². The molecule has 0 saturated heterocycles. The van der Waals surface area contributed by atoms with Crippen LogP contribution in [-0.2, 0) is 10.0 Å². The predicted octanol–water partition coefficient (Wildman–Crippen LogP) is 1.04. The number of hydrogen-bond donors (Lipinski definition) is 3. The van der Waals surface area contributed by atoms with Gasteiger partial charge in [0.25, 0.3) is 10.0 Å². The van der Waals surface area contributed by atoms with Crippen LogP contribution in [0.3, 0.4) is 0 Å². The lowest BCUT2D eigenvalue weighted by Gasteiger charge is -2.10. The molecule has 0 aliphatic heterocycles. The van der Waals surface area contributed by atoms with E-state index in [1.165, 1.54) is 24.7 Å². The highest BCUT2D eigenvalue weighted by Crippen LogP contribution is 2.20. The molecule has 18 heavy (non-hydrogen) atoms. The Hall–Kier alpha value is -2.09. The van der Waals surface area contributed by atoms with Gasteiger partial charge in [-0.15, -0.1) is 0 Å². The lowest BCUT2D eigenvalue weighted by Crippen LogP contribution is -2.15. The van der Waals surface area contributed by atoms with Crippen LogP contribution in [0.1, 0.15) is 6.92 Å². The maximum atomic E-state index is 12.2. The van der Waals surface area contributed by atoms with Gasteiger partial charge in [0, 0.05) is 18.9 Å². The van der Waals surface area contributed by atoms with Crippen molar-refractivity contribution in [1.29, 1.82) is 0 Å². The van der Waals surface area contributed by atoms with Crippen molar-refractivity contribution in [2.75, 3.05) is 16.6 Å². The minimum atomic E-state index is -3.67. The molecule has 7 nitrogen and oxygen atoms in total. The van der Waals surface area contributed by atoms with E-state index in [2.05, 4.69) is 25.2 Å². The molecule has 2 aromatic heterocycles. The van der Waals surface area contributed by atoms with Crippen LogP contribution in [0.15, 0.2) is 35.6 Å². The first-order chi connectivity index (χ1) is 8.63. The van der Waals surface area contributed by atoms with Gasteiger partial charge in [-0.1, -0.05) is 0 Å². The molecule has 2 rings (SSSR count). The zero-order valence-corrected chi connectivity index (χ0v) is 10.5. The Bertz CT molecular complexity index is 609. The SMILES string of the molecule is CCNc1ncccc1S(=O)(=O)Nc1cn[nH]c1. The van der Waals surface area contributed by atoms with Crippen molar-refractivity contribution in [1.82, 2.24) is 15.2 Å². The Morgan fingerprint density at radius 2 is 2.28 bits per heavy atom. The molecule has 0 aromatic carbocycles. The number of aromatic nitrogens is 3. The number of nitrogens with zero attached hydrogens (tertiary/aromatic N) is 2. The van der Waals surface area contributed by atoms with Gasteiger partial charge in [-0.25, -0.2) is 13.4 Å². The highest BCUT2D eigenvalue weighted by molar-refractivity contribution is 7.92. The van der Waals surface area contributed by atoms with Crippen LogP contribution in [0.2, 0.25) is 0 Å². The average Bonchev–Trinajstić information content (AvgIpc) is 2.82. The van der Waals surface area contributed by atoms with Crippen LogP contribution in [-0.4, -0.2) is 30.1 Å². The van der Waals surface area contributed by atoms with E-state index in [0.29, 0.717) is 18.1 Å². The fourth-order valence-electron chi connectivity index (χ4n) is 1.42. The fourth-order valence-corrected chi connectivity index (χ4v) is 2.59. The number of sulfonamides is 1. The second-order valence-electron chi connectivity index (χ2n) is 3.47. The minimum Gasteiger partial charge on any atom is -0.369 e. The third kappa shape index (κ3) is 2.59. The smallest absolute Gasteiger partial charge is 0.265 e. The molecule has 2 aromatic rings. The largest absolute Gasteiger partial charge is 0.369 e. The van der Waals surface area contributed by atoms with Gasteiger partial charge in [-0.2, -0.15) is 5.10 Å². The maximum absolute atomic E-state index is 12.2. The molecule has 96 valence electrons. The number of aromatic amines is 1. The van der Waals surface area contributed by atoms with Gasteiger partial charge in [0.15, 0.2) is 0 Å². The van der Waals surface area contributed by atoms with E-state index < -0.39 is 10.0 Å². The van der Waals surface area contributed by atoms with Gasteiger partial charge >= 0.3 is 0 Å². The van der Waals surface area contributed by atoms with Crippen molar-refractivity contribution < 1.29 is 8.42 Å². The summed E-state index contributed by atoms with van der Waals surface area (Å²) in [5.41, 5.74) is 0.376. The third-order valence-electron chi connectivity index (χ3n) is 2.15. The first-order valence-corrected chi connectivity index (χ1v) is 6.82. The van der Waals surface area contributed by atoms with Crippen LogP contribution in [0.25, 0.3) is 0 Å². The first-order valence-electron chi connectivity index (χ1n) is 5.34. The summed E-state index contributed by atoms with van der Waals surface area (Å²) in [6.07, 6.45) is 4.39. The summed E-state index contributed by atoms with van der Waals surface area (Å²) in [5, 5.41) is 9.12. The van der Waals surface area contributed by atoms with Crippen molar-refractivity contribution in [3.8, 4) is 0 Å². The lowest BCUT2D eigenvalue weighted by molar-refractivity contribution is 0.601. The number of H-pyrrole nitrogens is 1. The number of nitrogens with one attached hydrogen (secondary N) is 3. The molecular weight excluding hydrogens is 254 g/mol. The monoisotopic (exact) mass is 267 g/mol. The van der Waals surface area contributed by atoms with Crippen molar-refractivity contribution in [2.45, 2.75) is 11.8 Å². The molecule has 0 aliphatic rings. The minimum absolute atomic E-state index is 0.105. The summed E-state index contributed by atoms with van der Waals surface area (Å²) in [4.78, 5) is 4.11. The summed E-state index contributed by atoms with van der Waals surface area (Å²) in [5.74, 6) is 0.330. The Labute approximate surface area is 105 Å². The highest BCUT2D eigenvalue weighted by Gasteiger charge is 2.19. The zero-order valence-electron chi connectivity index (χ0n) is 9.71. The molecule has 0 spiro atoms. The molecule has 3 N–H and O–H groups in total. The summed E-state index contributed by atoms with van der Waals surface area (Å²) in [7, 11) is -3.67. The zero-order chi connectivity index (χ0) is 13.0. The number of anilines is 2. The molecule has 8 heteroatoms. The van der Waals surface area contributed by atoms with E-state index >= 15 is 0 Å². The van der Waals surface area contributed by atoms with E-state index in [0.717, 1.165) is 0 Å². The standard InChI is InChI=1S/C10H13N5O2S/c1-2-11-10-9(4-3-5-12-10)18(16,17)15-8-6-13-14-7-8/h3-7,15H,2H2,1H3,(H,11,12)(H,13,14). The molecule has 0 radical (unpaired) electrons. The molecule has 0 atom stereocenters. The van der Waals surface area contributed by atoms with Gasteiger partial charge < -0.3 is 5.32 Å². The second-order valence-corrected chi connectivity index (χ2v) is 5.12. The van der Waals surface area contributed by atoms with Crippen LogP contribution in [0.5, 0.6) is 0 Å². The van der Waals surface area contributed by atoms with E-state index in [1.807, 2.05) is 6.92 Å². The topological polar surface area (TPSA) is 99.8 Å². The first kappa shape index (κ1) is 12.4. The van der Waals surface area contributed by atoms with Crippen molar-refractivity contribution in [3.63, 3.8) is 0 Å². The Balaban J connectivity index is 2.35. The van der Waals surface area contributed by atoms with E-state index in [4.69, 9.17) is 0 Å². The molecule has 0 amide bonds. The molecule has 2 heterocycles. The van der Waals surface area contributed by atoms with Gasteiger partial charge in [-0.05, 0) is 19.1 Å². The number of pyridine rings is 1. The molecule has 0 saturated carbocycles. The predicted molar refractivity (Wildman–Crippen MR) is 67.8 cm³/mol. The molecule has 0 unspecified atom stereocenters. The fraction of sp³-hybridized carbons (Fsp3) is 0.200. The average molecular weight is 267 g/mol. The highest BCUT2D eigenvalue weighted by atomic mass is 32.2. The molecule has 0 fully saturated rings. The van der Waals surface area contributed by atoms with E-state index in [-0.39, 0.29) is 4.90 Å². The summed E-state index contributed by atoms with van der Waals surface area (Å²) >= 11 is 0. The quantitative estimate of drug-likeness (QED) is 0.751. The van der Waals surface area contributed by atoms with Crippen LogP contribution < -0.4 is 10.0 Å². The lowest BCUT2D eigenvalue weighted by atomic mass is 10.4. The van der Waals surface area contributed by atoms with Crippen molar-refractivity contribution >= 4 is 21.5 Å². The third-order valence-corrected chi connectivity index (χ3v) is 3.57. The van der Waals surface area contributed by atoms with E-state index in [9.17, 15) is 8.42 Å². The molecule has 0 bridgehead atoms. The Morgan fingerprint density at radius 3 is 2.94 bits per heavy atom. The van der Waals surface area contributed by atoms with Gasteiger partial charge in [-0.3, -0.25) is 9.82 Å². The molecular formula is C10H13N5O2S. The number of rotatable bonds is 5. The Kier molecular flexibility index (Phi) is 3.47.